The van der Waals surface area contributed by atoms with Gasteiger partial charge in [-0.05, 0) is 25.0 Å². The lowest BCUT2D eigenvalue weighted by molar-refractivity contribution is 0.122. The van der Waals surface area contributed by atoms with Crippen LogP contribution in [-0.4, -0.2) is 31.5 Å². The fourth-order valence-electron chi connectivity index (χ4n) is 2.65. The van der Waals surface area contributed by atoms with Gasteiger partial charge in [-0.25, -0.2) is 0 Å². The molecule has 0 amide bonds. The van der Waals surface area contributed by atoms with Crippen LogP contribution in [0.3, 0.4) is 0 Å². The SMILES string of the molecule is c1cc(N2CCOCC2)ccc1-c1cc(C2CC2)on1. The van der Waals surface area contributed by atoms with Crippen molar-refractivity contribution < 1.29 is 9.26 Å². The first-order chi connectivity index (χ1) is 9.90. The van der Waals surface area contributed by atoms with E-state index in [0.29, 0.717) is 5.92 Å². The van der Waals surface area contributed by atoms with Gasteiger partial charge in [-0.3, -0.25) is 0 Å². The number of morpholine rings is 1. The highest BCUT2D eigenvalue weighted by Gasteiger charge is 2.28. The third-order valence-electron chi connectivity index (χ3n) is 4.05. The molecule has 4 nitrogen and oxygen atoms in total. The van der Waals surface area contributed by atoms with E-state index < -0.39 is 0 Å². The van der Waals surface area contributed by atoms with Crippen LogP contribution in [-0.2, 0) is 4.74 Å². The van der Waals surface area contributed by atoms with Crippen molar-refractivity contribution in [1.82, 2.24) is 5.16 Å². The summed E-state index contributed by atoms with van der Waals surface area (Å²) >= 11 is 0. The second-order valence-corrected chi connectivity index (χ2v) is 5.54. The number of benzene rings is 1. The van der Waals surface area contributed by atoms with Crippen LogP contribution in [0.25, 0.3) is 11.3 Å². The number of hydrogen-bond donors (Lipinski definition) is 0. The lowest BCUT2D eigenvalue weighted by Gasteiger charge is -2.28. The Kier molecular flexibility index (Phi) is 2.96. The number of aromatic nitrogens is 1. The number of nitrogens with zero attached hydrogens (tertiary/aromatic N) is 2. The number of anilines is 1. The molecule has 1 aliphatic heterocycles. The topological polar surface area (TPSA) is 38.5 Å². The predicted molar refractivity (Wildman–Crippen MR) is 76.9 cm³/mol. The third kappa shape index (κ3) is 2.31. The van der Waals surface area contributed by atoms with E-state index in [2.05, 4.69) is 40.4 Å². The van der Waals surface area contributed by atoms with Gasteiger partial charge in [0.2, 0.25) is 0 Å². The van der Waals surface area contributed by atoms with Gasteiger partial charge < -0.3 is 14.2 Å². The van der Waals surface area contributed by atoms with Crippen molar-refractivity contribution in [3.05, 3.63) is 36.1 Å². The quantitative estimate of drug-likeness (QED) is 0.859. The molecule has 20 heavy (non-hydrogen) atoms. The summed E-state index contributed by atoms with van der Waals surface area (Å²) in [5.74, 6) is 1.65. The first-order valence-corrected chi connectivity index (χ1v) is 7.30. The van der Waals surface area contributed by atoms with Crippen LogP contribution in [0.15, 0.2) is 34.9 Å². The average molecular weight is 270 g/mol. The molecule has 0 radical (unpaired) electrons. The lowest BCUT2D eigenvalue weighted by Crippen LogP contribution is -2.36. The summed E-state index contributed by atoms with van der Waals surface area (Å²) in [6.07, 6.45) is 2.48. The second kappa shape index (κ2) is 4.94. The molecule has 2 heterocycles. The Morgan fingerprint density at radius 1 is 1.05 bits per heavy atom. The molecule has 0 spiro atoms. The van der Waals surface area contributed by atoms with Crippen molar-refractivity contribution in [3.8, 4) is 11.3 Å². The lowest BCUT2D eigenvalue weighted by atomic mass is 10.1. The molecule has 4 heteroatoms. The van der Waals surface area contributed by atoms with Crippen LogP contribution in [0, 0.1) is 0 Å². The summed E-state index contributed by atoms with van der Waals surface area (Å²) in [6.45, 7) is 3.57. The van der Waals surface area contributed by atoms with Gasteiger partial charge >= 0.3 is 0 Å². The van der Waals surface area contributed by atoms with Gasteiger partial charge in [-0.15, -0.1) is 0 Å². The predicted octanol–water partition coefficient (Wildman–Crippen LogP) is 3.06. The molecular formula is C16H18N2O2. The van der Waals surface area contributed by atoms with Crippen molar-refractivity contribution in [3.63, 3.8) is 0 Å². The normalized spacial score (nSPS) is 19.3. The number of hydrogen-bond acceptors (Lipinski definition) is 4. The van der Waals surface area contributed by atoms with E-state index >= 15 is 0 Å². The van der Waals surface area contributed by atoms with Gasteiger partial charge in [-0.2, -0.15) is 0 Å². The number of ether oxygens (including phenoxy) is 1. The molecule has 2 aliphatic rings. The van der Waals surface area contributed by atoms with Gasteiger partial charge in [-0.1, -0.05) is 17.3 Å². The van der Waals surface area contributed by atoms with Gasteiger partial charge in [0.05, 0.1) is 13.2 Å². The standard InChI is InChI=1S/C16H18N2O2/c1-2-13(1)16-11-15(17-20-16)12-3-5-14(6-4-12)18-7-9-19-10-8-18/h3-6,11,13H,1-2,7-10H2. The molecule has 104 valence electrons. The van der Waals surface area contributed by atoms with E-state index in [1.807, 2.05) is 0 Å². The Labute approximate surface area is 118 Å². The third-order valence-corrected chi connectivity index (χ3v) is 4.05. The Morgan fingerprint density at radius 3 is 2.50 bits per heavy atom. The Bertz CT molecular complexity index is 581. The molecule has 0 unspecified atom stereocenters. The first-order valence-electron chi connectivity index (χ1n) is 7.30. The molecule has 0 bridgehead atoms. The minimum absolute atomic E-state index is 0.615. The summed E-state index contributed by atoms with van der Waals surface area (Å²) < 4.78 is 10.8. The summed E-state index contributed by atoms with van der Waals surface area (Å²) in [5, 5.41) is 4.18. The van der Waals surface area contributed by atoms with E-state index in [0.717, 1.165) is 43.3 Å². The van der Waals surface area contributed by atoms with Crippen molar-refractivity contribution in [2.24, 2.45) is 0 Å². The molecule has 0 N–H and O–H groups in total. The van der Waals surface area contributed by atoms with E-state index in [-0.39, 0.29) is 0 Å². The molecule has 1 aromatic heterocycles. The molecule has 2 aromatic rings. The molecule has 1 saturated carbocycles. The van der Waals surface area contributed by atoms with E-state index in [4.69, 9.17) is 9.26 Å². The molecular weight excluding hydrogens is 252 g/mol. The van der Waals surface area contributed by atoms with Gasteiger partial charge in [0.25, 0.3) is 0 Å². The zero-order chi connectivity index (χ0) is 13.4. The summed E-state index contributed by atoms with van der Waals surface area (Å²) in [6, 6.07) is 10.7. The van der Waals surface area contributed by atoms with Crippen molar-refractivity contribution >= 4 is 5.69 Å². The van der Waals surface area contributed by atoms with Crippen LogP contribution in [0.4, 0.5) is 5.69 Å². The highest BCUT2D eigenvalue weighted by atomic mass is 16.5. The highest BCUT2D eigenvalue weighted by Crippen LogP contribution is 2.41. The van der Waals surface area contributed by atoms with Crippen LogP contribution in [0.5, 0.6) is 0 Å². The molecule has 2 fully saturated rings. The maximum absolute atomic E-state index is 5.41. The van der Waals surface area contributed by atoms with Crippen LogP contribution in [0.2, 0.25) is 0 Å². The molecule has 1 aromatic carbocycles. The average Bonchev–Trinajstić information content (AvgIpc) is 3.26. The Balaban J connectivity index is 1.53. The minimum atomic E-state index is 0.615. The molecule has 4 rings (SSSR count). The molecule has 1 aliphatic carbocycles. The molecule has 1 saturated heterocycles. The fraction of sp³-hybridized carbons (Fsp3) is 0.438. The monoisotopic (exact) mass is 270 g/mol. The minimum Gasteiger partial charge on any atom is -0.378 e. The number of rotatable bonds is 3. The maximum atomic E-state index is 5.41. The Morgan fingerprint density at radius 2 is 1.80 bits per heavy atom. The van der Waals surface area contributed by atoms with Crippen molar-refractivity contribution in [2.45, 2.75) is 18.8 Å². The van der Waals surface area contributed by atoms with Crippen LogP contribution < -0.4 is 4.90 Å². The van der Waals surface area contributed by atoms with E-state index in [1.54, 1.807) is 0 Å². The van der Waals surface area contributed by atoms with Gasteiger partial charge in [0.15, 0.2) is 0 Å². The second-order valence-electron chi connectivity index (χ2n) is 5.54. The highest BCUT2D eigenvalue weighted by molar-refractivity contribution is 5.63. The van der Waals surface area contributed by atoms with Crippen molar-refractivity contribution in [2.75, 3.05) is 31.2 Å². The van der Waals surface area contributed by atoms with Gasteiger partial charge in [0, 0.05) is 36.3 Å². The summed E-state index contributed by atoms with van der Waals surface area (Å²) in [7, 11) is 0. The van der Waals surface area contributed by atoms with E-state index in [9.17, 15) is 0 Å². The zero-order valence-electron chi connectivity index (χ0n) is 11.4. The summed E-state index contributed by atoms with van der Waals surface area (Å²) in [4.78, 5) is 2.35. The first kappa shape index (κ1) is 12.0. The maximum Gasteiger partial charge on any atom is 0.140 e. The van der Waals surface area contributed by atoms with Gasteiger partial charge in [0.1, 0.15) is 11.5 Å². The molecule has 0 atom stereocenters. The van der Waals surface area contributed by atoms with Crippen LogP contribution >= 0.6 is 0 Å². The zero-order valence-corrected chi connectivity index (χ0v) is 11.4. The smallest absolute Gasteiger partial charge is 0.140 e. The fourth-order valence-corrected chi connectivity index (χ4v) is 2.65. The largest absolute Gasteiger partial charge is 0.378 e. The van der Waals surface area contributed by atoms with E-state index in [1.165, 1.54) is 18.5 Å². The van der Waals surface area contributed by atoms with Crippen LogP contribution in [0.1, 0.15) is 24.5 Å². The Hall–Kier alpha value is -1.81. The summed E-state index contributed by atoms with van der Waals surface area (Å²) in [5.41, 5.74) is 3.32. The van der Waals surface area contributed by atoms with Crippen molar-refractivity contribution in [1.29, 1.82) is 0 Å².